The van der Waals surface area contributed by atoms with Crippen molar-refractivity contribution in [2.75, 3.05) is 6.61 Å². The topological polar surface area (TPSA) is 79.5 Å². The molecule has 1 rings (SSSR count). The zero-order chi connectivity index (χ0) is 10.6. The van der Waals surface area contributed by atoms with Crippen LogP contribution in [0.25, 0.3) is 0 Å². The van der Waals surface area contributed by atoms with E-state index >= 15 is 0 Å². The van der Waals surface area contributed by atoms with E-state index in [1.165, 1.54) is 0 Å². The molecule has 0 aromatic rings. The summed E-state index contributed by atoms with van der Waals surface area (Å²) < 4.78 is 4.62. The number of hydrogen-bond donors (Lipinski definition) is 3. The quantitative estimate of drug-likeness (QED) is 0.310. The van der Waals surface area contributed by atoms with E-state index in [0.29, 0.717) is 0 Å². The Kier molecular flexibility index (Phi) is 3.41. The van der Waals surface area contributed by atoms with E-state index in [2.05, 4.69) is 33.1 Å². The van der Waals surface area contributed by atoms with Gasteiger partial charge in [-0.3, -0.25) is 21.0 Å². The van der Waals surface area contributed by atoms with Crippen LogP contribution < -0.4 is 16.2 Å². The van der Waals surface area contributed by atoms with Crippen LogP contribution in [0.2, 0.25) is 0 Å². The van der Waals surface area contributed by atoms with Crippen LogP contribution in [0, 0.1) is 0 Å². The van der Waals surface area contributed by atoms with Gasteiger partial charge in [0.05, 0.1) is 12.7 Å². The zero-order valence-corrected chi connectivity index (χ0v) is 8.23. The molecule has 7 heteroatoms. The molecule has 76 valence electrons. The van der Waals surface area contributed by atoms with Gasteiger partial charge in [-0.25, -0.2) is 4.79 Å². The van der Waals surface area contributed by atoms with E-state index in [0.717, 1.165) is 6.08 Å². The van der Waals surface area contributed by atoms with Crippen LogP contribution in [0.3, 0.4) is 0 Å². The van der Waals surface area contributed by atoms with E-state index in [-0.39, 0.29) is 17.4 Å². The lowest BCUT2D eigenvalue weighted by molar-refractivity contribution is -0.137. The largest absolute Gasteiger partial charge is 0.463 e. The van der Waals surface area contributed by atoms with Crippen molar-refractivity contribution in [2.24, 2.45) is 0 Å². The number of rotatable bonds is 2. The molecule has 0 spiro atoms. The lowest BCUT2D eigenvalue weighted by atomic mass is 10.3. The maximum atomic E-state index is 11.2. The minimum Gasteiger partial charge on any atom is -0.463 e. The third-order valence-electron chi connectivity index (χ3n) is 1.33. The van der Waals surface area contributed by atoms with Crippen molar-refractivity contribution < 1.29 is 14.3 Å². The molecule has 1 aliphatic rings. The van der Waals surface area contributed by atoms with Crippen molar-refractivity contribution in [3.05, 3.63) is 11.8 Å². The normalized spacial score (nSPS) is 18.2. The summed E-state index contributed by atoms with van der Waals surface area (Å²) in [6, 6.07) is 0. The average molecular weight is 215 g/mol. The lowest BCUT2D eigenvalue weighted by Crippen LogP contribution is -2.54. The molecule has 0 aliphatic carbocycles. The Labute approximate surface area is 85.6 Å². The molecule has 1 amide bonds. The molecule has 1 fully saturated rings. The predicted octanol–water partition coefficient (Wildman–Crippen LogP) is -1.06. The van der Waals surface area contributed by atoms with Gasteiger partial charge in [0.2, 0.25) is 0 Å². The van der Waals surface area contributed by atoms with E-state index in [4.69, 9.17) is 0 Å². The maximum absolute atomic E-state index is 11.2. The van der Waals surface area contributed by atoms with Gasteiger partial charge in [0.15, 0.2) is 5.11 Å². The number of ether oxygens (including phenoxy) is 1. The second-order valence-corrected chi connectivity index (χ2v) is 2.75. The molecule has 1 heterocycles. The van der Waals surface area contributed by atoms with Crippen molar-refractivity contribution in [3.8, 4) is 0 Å². The molecule has 0 radical (unpaired) electrons. The first-order valence-corrected chi connectivity index (χ1v) is 4.30. The summed E-state index contributed by atoms with van der Waals surface area (Å²) in [6.45, 7) is 1.94. The van der Waals surface area contributed by atoms with Gasteiger partial charge in [-0.05, 0) is 19.1 Å². The van der Waals surface area contributed by atoms with E-state index in [1.54, 1.807) is 6.92 Å². The number of nitrogens with one attached hydrogen (secondary N) is 3. The Bertz CT molecular complexity index is 313. The van der Waals surface area contributed by atoms with Crippen molar-refractivity contribution in [2.45, 2.75) is 6.92 Å². The van der Waals surface area contributed by atoms with Crippen LogP contribution in [-0.4, -0.2) is 23.6 Å². The highest BCUT2D eigenvalue weighted by Crippen LogP contribution is 1.94. The van der Waals surface area contributed by atoms with E-state index in [1.807, 2.05) is 0 Å². The van der Waals surface area contributed by atoms with Crippen molar-refractivity contribution >= 4 is 29.2 Å². The molecule has 1 aliphatic heterocycles. The van der Waals surface area contributed by atoms with E-state index in [9.17, 15) is 9.59 Å². The second kappa shape index (κ2) is 4.56. The maximum Gasteiger partial charge on any atom is 0.333 e. The molecule has 14 heavy (non-hydrogen) atoms. The van der Waals surface area contributed by atoms with Crippen LogP contribution >= 0.6 is 12.2 Å². The predicted molar refractivity (Wildman–Crippen MR) is 51.7 cm³/mol. The Hall–Kier alpha value is -1.63. The molecule has 0 unspecified atom stereocenters. The standard InChI is InChI=1S/C7H9N3O3S/c1-2-13-5(11)3-4-6(12)8-7(14)10-9-4/h3,9H,2H2,1H3,(H2,8,10,12,14)/b4-3-. The zero-order valence-electron chi connectivity index (χ0n) is 7.42. The van der Waals surface area contributed by atoms with Gasteiger partial charge in [0.25, 0.3) is 5.91 Å². The highest BCUT2D eigenvalue weighted by atomic mass is 32.1. The van der Waals surface area contributed by atoms with E-state index < -0.39 is 11.9 Å². The molecule has 1 saturated heterocycles. The number of carbonyl (C=O) groups is 2. The summed E-state index contributed by atoms with van der Waals surface area (Å²) in [4.78, 5) is 22.1. The average Bonchev–Trinajstić information content (AvgIpc) is 2.10. The van der Waals surface area contributed by atoms with Gasteiger partial charge in [-0.1, -0.05) is 0 Å². The third kappa shape index (κ3) is 2.70. The number of thiocarbonyl (C=S) groups is 1. The number of esters is 1. The summed E-state index contributed by atoms with van der Waals surface area (Å²) in [5.74, 6) is -1.05. The van der Waals surface area contributed by atoms with Crippen molar-refractivity contribution in [1.82, 2.24) is 16.2 Å². The Morgan fingerprint density at radius 2 is 2.29 bits per heavy atom. The fourth-order valence-electron chi connectivity index (χ4n) is 0.786. The number of hydrazine groups is 1. The summed E-state index contributed by atoms with van der Waals surface area (Å²) >= 11 is 4.65. The van der Waals surface area contributed by atoms with Crippen LogP contribution in [-0.2, 0) is 14.3 Å². The Morgan fingerprint density at radius 3 is 2.86 bits per heavy atom. The van der Waals surface area contributed by atoms with Crippen LogP contribution in [0.15, 0.2) is 11.8 Å². The SMILES string of the molecule is CCOC(=O)/C=C1\NNC(=S)NC1=O. The molecule has 0 saturated carbocycles. The summed E-state index contributed by atoms with van der Waals surface area (Å²) in [6.07, 6.45) is 1.05. The second-order valence-electron chi connectivity index (χ2n) is 2.34. The smallest absolute Gasteiger partial charge is 0.333 e. The van der Waals surface area contributed by atoms with Crippen LogP contribution in [0.5, 0.6) is 0 Å². The van der Waals surface area contributed by atoms with Gasteiger partial charge in [-0.2, -0.15) is 0 Å². The van der Waals surface area contributed by atoms with Crippen molar-refractivity contribution in [3.63, 3.8) is 0 Å². The first-order chi connectivity index (χ1) is 6.63. The minimum atomic E-state index is -0.584. The first kappa shape index (κ1) is 10.5. The van der Waals surface area contributed by atoms with Gasteiger partial charge in [0, 0.05) is 0 Å². The molecular weight excluding hydrogens is 206 g/mol. The molecule has 0 aromatic heterocycles. The molecule has 0 bridgehead atoms. The molecule has 6 nitrogen and oxygen atoms in total. The first-order valence-electron chi connectivity index (χ1n) is 3.89. The monoisotopic (exact) mass is 215 g/mol. The lowest BCUT2D eigenvalue weighted by Gasteiger charge is -2.19. The summed E-state index contributed by atoms with van der Waals surface area (Å²) in [7, 11) is 0. The minimum absolute atomic E-state index is 0.0667. The highest BCUT2D eigenvalue weighted by Gasteiger charge is 2.17. The van der Waals surface area contributed by atoms with Gasteiger partial charge >= 0.3 is 5.97 Å². The fourth-order valence-corrected chi connectivity index (χ4v) is 0.930. The number of carbonyl (C=O) groups excluding carboxylic acids is 2. The number of hydrogen-bond acceptors (Lipinski definition) is 5. The molecule has 0 aromatic carbocycles. The fraction of sp³-hybridized carbons (Fsp3) is 0.286. The molecule has 3 N–H and O–H groups in total. The van der Waals surface area contributed by atoms with Gasteiger partial charge in [-0.15, -0.1) is 0 Å². The van der Waals surface area contributed by atoms with Gasteiger partial charge < -0.3 is 4.74 Å². The Morgan fingerprint density at radius 1 is 1.57 bits per heavy atom. The van der Waals surface area contributed by atoms with Gasteiger partial charge in [0.1, 0.15) is 5.70 Å². The summed E-state index contributed by atoms with van der Waals surface area (Å²) in [5, 5.41) is 2.48. The molecule has 0 atom stereocenters. The third-order valence-corrected chi connectivity index (χ3v) is 1.54. The highest BCUT2D eigenvalue weighted by molar-refractivity contribution is 7.80. The summed E-state index contributed by atoms with van der Waals surface area (Å²) in [5.41, 5.74) is 5.02. The van der Waals surface area contributed by atoms with Crippen LogP contribution in [0.1, 0.15) is 6.92 Å². The molecular formula is C7H9N3O3S. The number of amides is 1. The van der Waals surface area contributed by atoms with Crippen molar-refractivity contribution in [1.29, 1.82) is 0 Å². The Balaban J connectivity index is 2.64. The van der Waals surface area contributed by atoms with Crippen LogP contribution in [0.4, 0.5) is 0 Å².